The summed E-state index contributed by atoms with van der Waals surface area (Å²) < 4.78 is 44.1. The normalized spacial score (nSPS) is 22.1. The first-order chi connectivity index (χ1) is 12.0. The highest BCUT2D eigenvalue weighted by molar-refractivity contribution is 5.87. The Bertz CT molecular complexity index is 783. The quantitative estimate of drug-likeness (QED) is 0.542. The zero-order valence-electron chi connectivity index (χ0n) is 14.9. The maximum atomic E-state index is 14.8. The first-order valence-electron chi connectivity index (χ1n) is 9.31. The fraction of sp³-hybridized carbons (Fsp3) is 0.455. The van der Waals surface area contributed by atoms with Crippen LogP contribution in [-0.4, -0.2) is 0 Å². The van der Waals surface area contributed by atoms with Crippen LogP contribution in [0.3, 0.4) is 0 Å². The fourth-order valence-corrected chi connectivity index (χ4v) is 3.86. The molecule has 25 heavy (non-hydrogen) atoms. The molecule has 0 N–H and O–H groups in total. The van der Waals surface area contributed by atoms with Crippen molar-refractivity contribution in [2.75, 3.05) is 0 Å². The molecule has 1 fully saturated rings. The minimum Gasteiger partial charge on any atom is -0.208 e. The molecular weight excluding hydrogens is 321 g/mol. The number of hydrogen-bond acceptors (Lipinski definition) is 0. The Morgan fingerprint density at radius 1 is 1.00 bits per heavy atom. The van der Waals surface area contributed by atoms with Crippen molar-refractivity contribution in [2.45, 2.75) is 52.4 Å². The highest BCUT2D eigenvalue weighted by Crippen LogP contribution is 2.39. The van der Waals surface area contributed by atoms with Crippen molar-refractivity contribution < 1.29 is 13.2 Å². The van der Waals surface area contributed by atoms with Crippen LogP contribution in [0.15, 0.2) is 36.2 Å². The van der Waals surface area contributed by atoms with Crippen LogP contribution in [0.2, 0.25) is 0 Å². The molecule has 1 aliphatic rings. The van der Waals surface area contributed by atoms with Crippen LogP contribution in [0.25, 0.3) is 16.6 Å². The van der Waals surface area contributed by atoms with Crippen molar-refractivity contribution in [1.29, 1.82) is 0 Å². The first kappa shape index (κ1) is 18.0. The average Bonchev–Trinajstić information content (AvgIpc) is 2.67. The number of rotatable bonds is 4. The third-order valence-corrected chi connectivity index (χ3v) is 5.66. The number of benzene rings is 2. The molecule has 3 heteroatoms. The van der Waals surface area contributed by atoms with Crippen LogP contribution in [0.5, 0.6) is 0 Å². The van der Waals surface area contributed by atoms with Gasteiger partial charge >= 0.3 is 0 Å². The van der Waals surface area contributed by atoms with E-state index >= 15 is 0 Å². The molecule has 2 aromatic rings. The second kappa shape index (κ2) is 7.63. The molecule has 0 amide bonds. The van der Waals surface area contributed by atoms with Crippen molar-refractivity contribution in [3.63, 3.8) is 0 Å². The van der Waals surface area contributed by atoms with Gasteiger partial charge in [0.2, 0.25) is 0 Å². The molecule has 134 valence electrons. The molecule has 2 aromatic carbocycles. The van der Waals surface area contributed by atoms with Crippen molar-refractivity contribution in [1.82, 2.24) is 0 Å². The van der Waals surface area contributed by atoms with Crippen LogP contribution in [-0.2, 0) is 6.42 Å². The van der Waals surface area contributed by atoms with Gasteiger partial charge in [0.15, 0.2) is 5.83 Å². The standard InChI is InChI=1S/C22H25F3/c1-3-14-5-8-16(9-6-14)20(23)22(25)19-12-10-17-13-15(4-2)7-11-18(17)21(19)24/h7,10-14,16H,3-6,8-9H2,1-2H3. The molecule has 0 aromatic heterocycles. The van der Waals surface area contributed by atoms with E-state index in [0.29, 0.717) is 24.1 Å². The Kier molecular flexibility index (Phi) is 5.51. The van der Waals surface area contributed by atoms with Crippen LogP contribution >= 0.6 is 0 Å². The van der Waals surface area contributed by atoms with E-state index in [-0.39, 0.29) is 5.56 Å². The third-order valence-electron chi connectivity index (χ3n) is 5.66. The van der Waals surface area contributed by atoms with Crippen LogP contribution in [0.4, 0.5) is 13.2 Å². The van der Waals surface area contributed by atoms with Crippen molar-refractivity contribution >= 4 is 16.6 Å². The van der Waals surface area contributed by atoms with E-state index in [4.69, 9.17) is 0 Å². The lowest BCUT2D eigenvalue weighted by Crippen LogP contribution is -2.15. The Morgan fingerprint density at radius 3 is 2.36 bits per heavy atom. The Morgan fingerprint density at radius 2 is 1.72 bits per heavy atom. The summed E-state index contributed by atoms with van der Waals surface area (Å²) in [6.45, 7) is 4.16. The molecule has 1 aliphatic carbocycles. The smallest absolute Gasteiger partial charge is 0.165 e. The number of aryl methyl sites for hydroxylation is 1. The van der Waals surface area contributed by atoms with Crippen molar-refractivity contribution in [3.8, 4) is 0 Å². The van der Waals surface area contributed by atoms with E-state index in [1.54, 1.807) is 12.1 Å². The Labute approximate surface area is 147 Å². The summed E-state index contributed by atoms with van der Waals surface area (Å²) in [5, 5.41) is 1.06. The molecule has 0 aliphatic heterocycles. The molecule has 0 nitrogen and oxygen atoms in total. The van der Waals surface area contributed by atoms with Gasteiger partial charge in [0.25, 0.3) is 0 Å². The molecule has 3 rings (SSSR count). The fourth-order valence-electron chi connectivity index (χ4n) is 3.86. The average molecular weight is 346 g/mol. The van der Waals surface area contributed by atoms with E-state index in [0.717, 1.165) is 36.6 Å². The zero-order valence-corrected chi connectivity index (χ0v) is 14.9. The molecule has 0 saturated heterocycles. The van der Waals surface area contributed by atoms with Gasteiger partial charge in [-0.1, -0.05) is 44.5 Å². The van der Waals surface area contributed by atoms with Gasteiger partial charge in [-0.3, -0.25) is 0 Å². The Hall–Kier alpha value is -1.77. The molecule has 0 unspecified atom stereocenters. The maximum absolute atomic E-state index is 14.8. The van der Waals surface area contributed by atoms with E-state index < -0.39 is 23.4 Å². The van der Waals surface area contributed by atoms with Gasteiger partial charge in [-0.2, -0.15) is 0 Å². The van der Waals surface area contributed by atoms with Gasteiger partial charge in [0, 0.05) is 16.9 Å². The lowest BCUT2D eigenvalue weighted by Gasteiger charge is -2.27. The summed E-state index contributed by atoms with van der Waals surface area (Å²) in [5.41, 5.74) is 0.835. The van der Waals surface area contributed by atoms with E-state index in [1.165, 1.54) is 6.07 Å². The lowest BCUT2D eigenvalue weighted by molar-refractivity contribution is 0.268. The second-order valence-electron chi connectivity index (χ2n) is 7.12. The minimum absolute atomic E-state index is 0.258. The molecule has 1 saturated carbocycles. The summed E-state index contributed by atoms with van der Waals surface area (Å²) in [6, 6.07) is 8.42. The van der Waals surface area contributed by atoms with Crippen LogP contribution in [0, 0.1) is 17.7 Å². The maximum Gasteiger partial charge on any atom is 0.165 e. The highest BCUT2D eigenvalue weighted by Gasteiger charge is 2.27. The van der Waals surface area contributed by atoms with Crippen molar-refractivity contribution in [2.24, 2.45) is 11.8 Å². The van der Waals surface area contributed by atoms with E-state index in [9.17, 15) is 13.2 Å². The SMILES string of the molecule is CCc1ccc2c(F)c(C(F)=C(F)C3CCC(CC)CC3)ccc2c1. The summed E-state index contributed by atoms with van der Waals surface area (Å²) in [7, 11) is 0. The zero-order chi connectivity index (χ0) is 18.0. The summed E-state index contributed by atoms with van der Waals surface area (Å²) in [5.74, 6) is -2.29. The van der Waals surface area contributed by atoms with Gasteiger partial charge in [-0.05, 0) is 55.0 Å². The monoisotopic (exact) mass is 346 g/mol. The highest BCUT2D eigenvalue weighted by atomic mass is 19.2. The van der Waals surface area contributed by atoms with Gasteiger partial charge in [-0.25, -0.2) is 13.2 Å². The summed E-state index contributed by atoms with van der Waals surface area (Å²) >= 11 is 0. The molecule has 0 heterocycles. The Balaban J connectivity index is 1.93. The second-order valence-corrected chi connectivity index (χ2v) is 7.12. The topological polar surface area (TPSA) is 0 Å². The number of fused-ring (bicyclic) bond motifs is 1. The summed E-state index contributed by atoms with van der Waals surface area (Å²) in [6.07, 6.45) is 5.06. The predicted octanol–water partition coefficient (Wildman–Crippen LogP) is 7.37. The van der Waals surface area contributed by atoms with E-state index in [2.05, 4.69) is 6.92 Å². The summed E-state index contributed by atoms with van der Waals surface area (Å²) in [4.78, 5) is 0. The lowest BCUT2D eigenvalue weighted by atomic mass is 9.80. The van der Waals surface area contributed by atoms with Gasteiger partial charge in [0.1, 0.15) is 11.6 Å². The largest absolute Gasteiger partial charge is 0.208 e. The molecule has 0 bridgehead atoms. The predicted molar refractivity (Wildman–Crippen MR) is 98.2 cm³/mol. The number of hydrogen-bond donors (Lipinski definition) is 0. The van der Waals surface area contributed by atoms with Crippen LogP contribution < -0.4 is 0 Å². The van der Waals surface area contributed by atoms with Gasteiger partial charge in [0.05, 0.1) is 0 Å². The first-order valence-corrected chi connectivity index (χ1v) is 9.31. The van der Waals surface area contributed by atoms with Crippen molar-refractivity contribution in [3.05, 3.63) is 53.1 Å². The third kappa shape index (κ3) is 3.61. The molecule has 0 radical (unpaired) electrons. The number of allylic oxidation sites excluding steroid dienone is 1. The van der Waals surface area contributed by atoms with Gasteiger partial charge < -0.3 is 0 Å². The molecule has 0 atom stereocenters. The van der Waals surface area contributed by atoms with E-state index in [1.807, 2.05) is 19.1 Å². The molecule has 0 spiro atoms. The number of halogens is 3. The van der Waals surface area contributed by atoms with Gasteiger partial charge in [-0.15, -0.1) is 0 Å². The molecular formula is C22H25F3. The van der Waals surface area contributed by atoms with Crippen LogP contribution in [0.1, 0.15) is 57.1 Å². The minimum atomic E-state index is -1.03.